The average molecular weight is 593 g/mol. The van der Waals surface area contributed by atoms with Gasteiger partial charge in [0.05, 0.1) is 18.6 Å². The molecule has 2 aromatic carbocycles. The zero-order valence-corrected chi connectivity index (χ0v) is 24.8. The summed E-state index contributed by atoms with van der Waals surface area (Å²) in [6.07, 6.45) is 4.27. The van der Waals surface area contributed by atoms with Gasteiger partial charge in [0.2, 0.25) is 23.6 Å². The van der Waals surface area contributed by atoms with Crippen molar-refractivity contribution in [1.82, 2.24) is 26.2 Å². The van der Waals surface area contributed by atoms with Crippen molar-refractivity contribution < 1.29 is 24.0 Å². The Morgan fingerprint density at radius 2 is 1.58 bits per heavy atom. The average Bonchev–Trinajstić information content (AvgIpc) is 3.52. The third kappa shape index (κ3) is 10.6. The molecule has 1 saturated heterocycles. The van der Waals surface area contributed by atoms with E-state index in [0.717, 1.165) is 11.1 Å². The molecule has 3 rings (SSSR count). The second-order valence-corrected chi connectivity index (χ2v) is 10.8. The van der Waals surface area contributed by atoms with Crippen LogP contribution >= 0.6 is 0 Å². The summed E-state index contributed by atoms with van der Waals surface area (Å²) in [4.78, 5) is 65.6. The van der Waals surface area contributed by atoms with Crippen molar-refractivity contribution in [2.45, 2.75) is 69.1 Å². The first-order chi connectivity index (χ1) is 20.9. The molecule has 4 atom stereocenters. The summed E-state index contributed by atoms with van der Waals surface area (Å²) in [5.41, 5.74) is 7.56. The minimum Gasteiger partial charge on any atom is -0.345 e. The third-order valence-electron chi connectivity index (χ3n) is 7.58. The van der Waals surface area contributed by atoms with Gasteiger partial charge in [0.1, 0.15) is 18.4 Å². The van der Waals surface area contributed by atoms with Crippen LogP contribution in [0.4, 0.5) is 0 Å². The van der Waals surface area contributed by atoms with Crippen LogP contribution < -0.4 is 27.0 Å². The number of rotatable bonds is 17. The fraction of sp³-hybridized carbons (Fsp3) is 0.469. The molecule has 0 saturated carbocycles. The molecule has 1 heterocycles. The van der Waals surface area contributed by atoms with E-state index in [1.807, 2.05) is 60.7 Å². The molecular weight excluding hydrogens is 548 g/mol. The molecule has 0 aliphatic carbocycles. The lowest BCUT2D eigenvalue weighted by atomic mass is 10.0. The highest BCUT2D eigenvalue weighted by atomic mass is 16.2. The lowest BCUT2D eigenvalue weighted by Crippen LogP contribution is -2.56. The van der Waals surface area contributed by atoms with E-state index < -0.39 is 36.0 Å². The summed E-state index contributed by atoms with van der Waals surface area (Å²) in [5.74, 6) is -1.57. The molecule has 0 bridgehead atoms. The van der Waals surface area contributed by atoms with Gasteiger partial charge in [-0.1, -0.05) is 60.7 Å². The molecule has 2 aromatic rings. The molecule has 4 amide bonds. The lowest BCUT2D eigenvalue weighted by molar-refractivity contribution is -0.142. The van der Waals surface area contributed by atoms with Crippen LogP contribution in [0.2, 0.25) is 0 Å². The van der Waals surface area contributed by atoms with Crippen LogP contribution in [0.1, 0.15) is 43.2 Å². The Kier molecular flexibility index (Phi) is 13.8. The number of hydrogen-bond acceptors (Lipinski definition) is 7. The maximum absolute atomic E-state index is 13.7. The molecule has 11 nitrogen and oxygen atoms in total. The molecule has 1 aliphatic rings. The normalized spacial score (nSPS) is 16.5. The van der Waals surface area contributed by atoms with E-state index in [2.05, 4.69) is 21.3 Å². The molecule has 11 heteroatoms. The van der Waals surface area contributed by atoms with Gasteiger partial charge in [-0.15, -0.1) is 0 Å². The summed E-state index contributed by atoms with van der Waals surface area (Å²) >= 11 is 0. The Bertz CT molecular complexity index is 1200. The van der Waals surface area contributed by atoms with E-state index in [1.165, 1.54) is 4.90 Å². The number of unbranched alkanes of at least 4 members (excludes halogenated alkanes) is 1. The fourth-order valence-electron chi connectivity index (χ4n) is 5.25. The Balaban J connectivity index is 1.59. The zero-order valence-electron chi connectivity index (χ0n) is 24.8. The summed E-state index contributed by atoms with van der Waals surface area (Å²) in [7, 11) is 1.70. The third-order valence-corrected chi connectivity index (χ3v) is 7.58. The molecule has 0 unspecified atom stereocenters. The standard InChI is InChI=1S/C32H44N6O5/c1-34-27(20-24-13-6-3-7-14-24)30(41)37-26(15-8-9-17-33)32(43)38-18-10-16-28(38)31(42)35-21-29(40)36-25(22-39)19-23-11-4-2-5-12-23/h2-7,11-14,22,25-28,34H,8-10,15-21,33H2,1H3,(H,35,42)(H,36,40)(H,37,41)/t25-,26-,27-,28-/m0/s1. The molecule has 6 N–H and O–H groups in total. The molecule has 1 fully saturated rings. The number of amides is 4. The number of benzene rings is 2. The highest BCUT2D eigenvalue weighted by Crippen LogP contribution is 2.20. The van der Waals surface area contributed by atoms with Gasteiger partial charge in [0.15, 0.2) is 0 Å². The minimum absolute atomic E-state index is 0.297. The van der Waals surface area contributed by atoms with Gasteiger partial charge in [-0.3, -0.25) is 19.2 Å². The smallest absolute Gasteiger partial charge is 0.245 e. The number of nitrogens with zero attached hydrogens (tertiary/aromatic N) is 1. The first kappa shape index (κ1) is 33.4. The van der Waals surface area contributed by atoms with Gasteiger partial charge in [0.25, 0.3) is 0 Å². The molecular formula is C32H44N6O5. The van der Waals surface area contributed by atoms with Gasteiger partial charge in [-0.2, -0.15) is 0 Å². The maximum atomic E-state index is 13.7. The van der Waals surface area contributed by atoms with E-state index in [0.29, 0.717) is 64.3 Å². The Morgan fingerprint density at radius 1 is 0.930 bits per heavy atom. The second kappa shape index (κ2) is 17.8. The van der Waals surface area contributed by atoms with Crippen LogP contribution in [-0.4, -0.2) is 85.7 Å². The zero-order chi connectivity index (χ0) is 31.0. The van der Waals surface area contributed by atoms with Crippen molar-refractivity contribution in [3.63, 3.8) is 0 Å². The molecule has 0 spiro atoms. The SMILES string of the molecule is CN[C@@H](Cc1ccccc1)C(=O)N[C@@H](CCCCN)C(=O)N1CCC[C@H]1C(=O)NCC(=O)N[C@H](C=O)Cc1ccccc1. The van der Waals surface area contributed by atoms with Crippen LogP contribution in [0, 0.1) is 0 Å². The quantitative estimate of drug-likeness (QED) is 0.132. The fourth-order valence-corrected chi connectivity index (χ4v) is 5.25. The van der Waals surface area contributed by atoms with Crippen LogP contribution in [0.15, 0.2) is 60.7 Å². The second-order valence-electron chi connectivity index (χ2n) is 10.8. The highest BCUT2D eigenvalue weighted by Gasteiger charge is 2.38. The van der Waals surface area contributed by atoms with Gasteiger partial charge in [-0.05, 0) is 69.7 Å². The summed E-state index contributed by atoms with van der Waals surface area (Å²) < 4.78 is 0. The number of aldehydes is 1. The monoisotopic (exact) mass is 592 g/mol. The first-order valence-corrected chi connectivity index (χ1v) is 14.9. The Hall–Kier alpha value is -4.09. The van der Waals surface area contributed by atoms with E-state index in [4.69, 9.17) is 5.73 Å². The maximum Gasteiger partial charge on any atom is 0.245 e. The lowest BCUT2D eigenvalue weighted by Gasteiger charge is -2.29. The predicted octanol–water partition coefficient (Wildman–Crippen LogP) is 0.465. The number of nitrogens with one attached hydrogen (secondary N) is 4. The number of carbonyl (C=O) groups is 5. The highest BCUT2D eigenvalue weighted by molar-refractivity contribution is 5.94. The number of likely N-dealkylation sites (N-methyl/N-ethyl adjacent to an activating group) is 1. The van der Waals surface area contributed by atoms with Crippen molar-refractivity contribution in [1.29, 1.82) is 0 Å². The first-order valence-electron chi connectivity index (χ1n) is 14.9. The van der Waals surface area contributed by atoms with Crippen molar-refractivity contribution in [2.24, 2.45) is 5.73 Å². The molecule has 43 heavy (non-hydrogen) atoms. The number of carbonyl (C=O) groups excluding carboxylic acids is 5. The van der Waals surface area contributed by atoms with Crippen molar-refractivity contribution in [3.05, 3.63) is 71.8 Å². The topological polar surface area (TPSA) is 163 Å². The number of hydrogen-bond donors (Lipinski definition) is 5. The van der Waals surface area contributed by atoms with Gasteiger partial charge >= 0.3 is 0 Å². The summed E-state index contributed by atoms with van der Waals surface area (Å²) in [6, 6.07) is 16.1. The number of likely N-dealkylation sites (tertiary alicyclic amines) is 1. The molecule has 0 aromatic heterocycles. The van der Waals surface area contributed by atoms with Gasteiger partial charge in [-0.25, -0.2) is 0 Å². The number of nitrogens with two attached hydrogens (primary N) is 1. The van der Waals surface area contributed by atoms with Crippen molar-refractivity contribution in [2.75, 3.05) is 26.7 Å². The predicted molar refractivity (Wildman–Crippen MR) is 164 cm³/mol. The van der Waals surface area contributed by atoms with E-state index in [9.17, 15) is 24.0 Å². The Labute approximate surface area is 253 Å². The molecule has 0 radical (unpaired) electrons. The summed E-state index contributed by atoms with van der Waals surface area (Å²) in [6.45, 7) is 0.516. The summed E-state index contributed by atoms with van der Waals surface area (Å²) in [5, 5.41) is 11.2. The molecule has 232 valence electrons. The molecule has 1 aliphatic heterocycles. The minimum atomic E-state index is -0.811. The van der Waals surface area contributed by atoms with Gasteiger partial charge in [0, 0.05) is 6.54 Å². The largest absolute Gasteiger partial charge is 0.345 e. The van der Waals surface area contributed by atoms with Gasteiger partial charge < -0.3 is 36.7 Å². The van der Waals surface area contributed by atoms with Crippen molar-refractivity contribution >= 4 is 29.9 Å². The van der Waals surface area contributed by atoms with E-state index in [-0.39, 0.29) is 18.4 Å². The van der Waals surface area contributed by atoms with E-state index >= 15 is 0 Å². The van der Waals surface area contributed by atoms with Crippen LogP contribution in [0.3, 0.4) is 0 Å². The van der Waals surface area contributed by atoms with Crippen LogP contribution in [0.25, 0.3) is 0 Å². The van der Waals surface area contributed by atoms with Crippen LogP contribution in [0.5, 0.6) is 0 Å². The van der Waals surface area contributed by atoms with E-state index in [1.54, 1.807) is 7.05 Å². The van der Waals surface area contributed by atoms with Crippen LogP contribution in [-0.2, 0) is 36.8 Å². The Morgan fingerprint density at radius 3 is 2.19 bits per heavy atom. The van der Waals surface area contributed by atoms with Crippen molar-refractivity contribution in [3.8, 4) is 0 Å².